The fraction of sp³-hybridized carbons (Fsp3) is 0.400. The molecule has 0 spiro atoms. The average Bonchev–Trinajstić information content (AvgIpc) is 3.30. The molecule has 1 N–H and O–H groups in total. The molecule has 1 aromatic heterocycles. The Labute approximate surface area is 158 Å². The smallest absolute Gasteiger partial charge is 0.265 e. The first-order valence-corrected chi connectivity index (χ1v) is 9.73. The molecule has 1 aliphatic rings. The van der Waals surface area contributed by atoms with E-state index in [0.29, 0.717) is 21.9 Å². The summed E-state index contributed by atoms with van der Waals surface area (Å²) in [5, 5.41) is 2.90. The van der Waals surface area contributed by atoms with E-state index >= 15 is 0 Å². The maximum absolute atomic E-state index is 12.6. The van der Waals surface area contributed by atoms with Gasteiger partial charge in [0.15, 0.2) is 0 Å². The van der Waals surface area contributed by atoms with Gasteiger partial charge in [0.25, 0.3) is 11.8 Å². The number of nitrogens with zero attached hydrogens (tertiary/aromatic N) is 1. The van der Waals surface area contributed by atoms with Crippen molar-refractivity contribution in [1.29, 1.82) is 0 Å². The predicted molar refractivity (Wildman–Crippen MR) is 105 cm³/mol. The largest absolute Gasteiger partial charge is 0.495 e. The van der Waals surface area contributed by atoms with Crippen LogP contribution >= 0.6 is 11.3 Å². The third kappa shape index (κ3) is 3.75. The Morgan fingerprint density at radius 2 is 1.96 bits per heavy atom. The third-order valence-corrected chi connectivity index (χ3v) is 5.80. The summed E-state index contributed by atoms with van der Waals surface area (Å²) in [6.45, 7) is 5.69. The number of benzene rings is 1. The summed E-state index contributed by atoms with van der Waals surface area (Å²) in [6, 6.07) is 7.12. The molecule has 0 saturated carbocycles. The van der Waals surface area contributed by atoms with Crippen molar-refractivity contribution in [3.05, 3.63) is 45.1 Å². The number of likely N-dealkylation sites (tertiary alicyclic amines) is 1. The third-order valence-electron chi connectivity index (χ3n) is 4.71. The summed E-state index contributed by atoms with van der Waals surface area (Å²) in [5.41, 5.74) is 2.27. The average molecular weight is 372 g/mol. The molecule has 1 aromatic carbocycles. The first kappa shape index (κ1) is 18.5. The molecule has 0 radical (unpaired) electrons. The van der Waals surface area contributed by atoms with Gasteiger partial charge < -0.3 is 15.0 Å². The van der Waals surface area contributed by atoms with E-state index in [9.17, 15) is 9.59 Å². The summed E-state index contributed by atoms with van der Waals surface area (Å²) < 4.78 is 5.36. The Morgan fingerprint density at radius 3 is 2.58 bits per heavy atom. The van der Waals surface area contributed by atoms with Crippen LogP contribution in [0.1, 0.15) is 50.2 Å². The fourth-order valence-corrected chi connectivity index (χ4v) is 4.22. The zero-order valence-electron chi connectivity index (χ0n) is 15.4. The van der Waals surface area contributed by atoms with E-state index in [1.54, 1.807) is 25.3 Å². The highest BCUT2D eigenvalue weighted by atomic mass is 32.1. The monoisotopic (exact) mass is 372 g/mol. The molecule has 0 atom stereocenters. The molecule has 1 saturated heterocycles. The Hall–Kier alpha value is -2.34. The Morgan fingerprint density at radius 1 is 1.23 bits per heavy atom. The molecule has 0 aliphatic carbocycles. The number of rotatable bonds is 5. The Balaban J connectivity index is 1.84. The van der Waals surface area contributed by atoms with Crippen molar-refractivity contribution in [3.63, 3.8) is 0 Å². The standard InChI is InChI=1S/C20H24N2O3S/c1-4-14-12-18(26-13(14)2)19(23)21-16-11-15(7-8-17(16)25-3)20(24)22-9-5-6-10-22/h7-8,11-12H,4-6,9-10H2,1-3H3,(H,21,23). The van der Waals surface area contributed by atoms with Crippen molar-refractivity contribution in [2.24, 2.45) is 0 Å². The molecule has 5 nitrogen and oxygen atoms in total. The summed E-state index contributed by atoms with van der Waals surface area (Å²) in [6.07, 6.45) is 2.99. The number of methoxy groups -OCH3 is 1. The second-order valence-electron chi connectivity index (χ2n) is 6.41. The number of anilines is 1. The van der Waals surface area contributed by atoms with Crippen LogP contribution in [-0.4, -0.2) is 36.9 Å². The van der Waals surface area contributed by atoms with E-state index in [4.69, 9.17) is 4.74 Å². The number of aryl methyl sites for hydroxylation is 2. The van der Waals surface area contributed by atoms with Gasteiger partial charge in [-0.2, -0.15) is 0 Å². The van der Waals surface area contributed by atoms with Gasteiger partial charge in [0.2, 0.25) is 0 Å². The lowest BCUT2D eigenvalue weighted by molar-refractivity contribution is 0.0792. The van der Waals surface area contributed by atoms with Crippen LogP contribution in [0, 0.1) is 6.92 Å². The van der Waals surface area contributed by atoms with Crippen LogP contribution in [0.15, 0.2) is 24.3 Å². The van der Waals surface area contributed by atoms with Crippen LogP contribution in [0.2, 0.25) is 0 Å². The number of hydrogen-bond donors (Lipinski definition) is 1. The Bertz CT molecular complexity index is 822. The van der Waals surface area contributed by atoms with Gasteiger partial charge in [0, 0.05) is 23.5 Å². The lowest BCUT2D eigenvalue weighted by atomic mass is 10.1. The number of thiophene rings is 1. The SMILES string of the molecule is CCc1cc(C(=O)Nc2cc(C(=O)N3CCCC3)ccc2OC)sc1C. The number of amides is 2. The zero-order valence-corrected chi connectivity index (χ0v) is 16.2. The van der Waals surface area contributed by atoms with Crippen LogP contribution in [-0.2, 0) is 6.42 Å². The fourth-order valence-electron chi connectivity index (χ4n) is 3.21. The number of carbonyl (C=O) groups is 2. The number of carbonyl (C=O) groups excluding carboxylic acids is 2. The van der Waals surface area contributed by atoms with Crippen LogP contribution in [0.4, 0.5) is 5.69 Å². The number of ether oxygens (including phenoxy) is 1. The topological polar surface area (TPSA) is 58.6 Å². The second kappa shape index (κ2) is 7.91. The van der Waals surface area contributed by atoms with Crippen LogP contribution in [0.5, 0.6) is 5.75 Å². The van der Waals surface area contributed by atoms with E-state index in [-0.39, 0.29) is 11.8 Å². The minimum atomic E-state index is -0.179. The van der Waals surface area contributed by atoms with Gasteiger partial charge in [-0.3, -0.25) is 9.59 Å². The highest BCUT2D eigenvalue weighted by Crippen LogP contribution is 2.29. The van der Waals surface area contributed by atoms with Crippen molar-refractivity contribution in [2.75, 3.05) is 25.5 Å². The molecule has 1 fully saturated rings. The molecule has 2 aromatic rings. The van der Waals surface area contributed by atoms with Gasteiger partial charge in [0.05, 0.1) is 17.7 Å². The van der Waals surface area contributed by atoms with E-state index in [1.165, 1.54) is 16.9 Å². The minimum Gasteiger partial charge on any atom is -0.495 e. The molecule has 1 aliphatic heterocycles. The van der Waals surface area contributed by atoms with Crippen molar-refractivity contribution in [1.82, 2.24) is 4.90 Å². The van der Waals surface area contributed by atoms with Crippen molar-refractivity contribution in [2.45, 2.75) is 33.1 Å². The van der Waals surface area contributed by atoms with Crippen molar-refractivity contribution in [3.8, 4) is 5.75 Å². The molecule has 26 heavy (non-hydrogen) atoms. The summed E-state index contributed by atoms with van der Waals surface area (Å²) in [7, 11) is 1.55. The second-order valence-corrected chi connectivity index (χ2v) is 7.67. The van der Waals surface area contributed by atoms with Gasteiger partial charge in [-0.25, -0.2) is 0 Å². The number of hydrogen-bond acceptors (Lipinski definition) is 4. The molecule has 2 amide bonds. The molecule has 138 valence electrons. The zero-order chi connectivity index (χ0) is 18.7. The van der Waals surface area contributed by atoms with Gasteiger partial charge in [-0.15, -0.1) is 11.3 Å². The predicted octanol–water partition coefficient (Wildman–Crippen LogP) is 4.12. The highest BCUT2D eigenvalue weighted by Gasteiger charge is 2.21. The summed E-state index contributed by atoms with van der Waals surface area (Å²) in [5.74, 6) is 0.364. The lowest BCUT2D eigenvalue weighted by Crippen LogP contribution is -2.27. The first-order chi connectivity index (χ1) is 12.5. The first-order valence-electron chi connectivity index (χ1n) is 8.91. The molecule has 2 heterocycles. The summed E-state index contributed by atoms with van der Waals surface area (Å²) >= 11 is 1.48. The van der Waals surface area contributed by atoms with Gasteiger partial charge >= 0.3 is 0 Å². The van der Waals surface area contributed by atoms with Crippen LogP contribution in [0.25, 0.3) is 0 Å². The highest BCUT2D eigenvalue weighted by molar-refractivity contribution is 7.14. The minimum absolute atomic E-state index is 0.000823. The number of nitrogens with one attached hydrogen (secondary N) is 1. The molecular formula is C20H24N2O3S. The van der Waals surface area contributed by atoms with Crippen molar-refractivity contribution >= 4 is 28.8 Å². The maximum atomic E-state index is 12.6. The van der Waals surface area contributed by atoms with E-state index in [2.05, 4.69) is 12.2 Å². The molecule has 3 rings (SSSR count). The van der Waals surface area contributed by atoms with E-state index < -0.39 is 0 Å². The molecule has 0 unspecified atom stereocenters. The quantitative estimate of drug-likeness (QED) is 0.859. The lowest BCUT2D eigenvalue weighted by Gasteiger charge is -2.17. The van der Waals surface area contributed by atoms with Gasteiger partial charge in [-0.1, -0.05) is 6.92 Å². The van der Waals surface area contributed by atoms with Crippen LogP contribution < -0.4 is 10.1 Å². The molecular weight excluding hydrogens is 348 g/mol. The van der Waals surface area contributed by atoms with Gasteiger partial charge in [-0.05, 0) is 56.0 Å². The maximum Gasteiger partial charge on any atom is 0.265 e. The molecule has 0 bridgehead atoms. The molecule has 6 heteroatoms. The summed E-state index contributed by atoms with van der Waals surface area (Å²) in [4.78, 5) is 28.9. The van der Waals surface area contributed by atoms with Crippen molar-refractivity contribution < 1.29 is 14.3 Å². The van der Waals surface area contributed by atoms with E-state index in [0.717, 1.165) is 37.2 Å². The van der Waals surface area contributed by atoms with E-state index in [1.807, 2.05) is 17.9 Å². The Kier molecular flexibility index (Phi) is 5.61. The van der Waals surface area contributed by atoms with Gasteiger partial charge in [0.1, 0.15) is 5.75 Å². The normalized spacial score (nSPS) is 13.7. The van der Waals surface area contributed by atoms with Crippen LogP contribution in [0.3, 0.4) is 0 Å².